The Kier molecular flexibility index (Phi) is 4.66. The molecule has 1 rings (SSSR count). The van der Waals surface area contributed by atoms with Crippen LogP contribution >= 0.6 is 0 Å². The Hall–Kier alpha value is -1.45. The number of hydrogen-bond acceptors (Lipinski definition) is 4. The van der Waals surface area contributed by atoms with Crippen LogP contribution in [0.1, 0.15) is 53.9 Å². The molecule has 4 heteroatoms. The third kappa shape index (κ3) is 3.75. The minimum Gasteiger partial charge on any atom is -0.454 e. The van der Waals surface area contributed by atoms with E-state index in [1.54, 1.807) is 6.92 Å². The predicted octanol–water partition coefficient (Wildman–Crippen LogP) is 2.60. The number of esters is 1. The van der Waals surface area contributed by atoms with Crippen molar-refractivity contribution in [2.75, 3.05) is 0 Å². The summed E-state index contributed by atoms with van der Waals surface area (Å²) in [5.41, 5.74) is 1.58. The van der Waals surface area contributed by atoms with Crippen molar-refractivity contribution in [1.82, 2.24) is 0 Å². The van der Waals surface area contributed by atoms with E-state index in [1.165, 1.54) is 6.92 Å². The number of carbonyl (C=O) groups is 3. The van der Waals surface area contributed by atoms with Gasteiger partial charge in [0.05, 0.1) is 6.42 Å². The first-order chi connectivity index (χ1) is 8.65. The third-order valence-electron chi connectivity index (χ3n) is 3.89. The molecule has 1 atom stereocenters. The second-order valence-electron chi connectivity index (χ2n) is 5.88. The van der Waals surface area contributed by atoms with Crippen LogP contribution in [0.4, 0.5) is 0 Å². The summed E-state index contributed by atoms with van der Waals surface area (Å²) in [4.78, 5) is 34.5. The quantitative estimate of drug-likeness (QED) is 0.734. The van der Waals surface area contributed by atoms with Gasteiger partial charge < -0.3 is 9.53 Å². The van der Waals surface area contributed by atoms with E-state index in [0.29, 0.717) is 12.0 Å². The standard InChI is InChI=1S/C15H22O4/c1-9(16)6-7-13(17)19-12-8-15(4,5)11(3)10(2)14(12)18/h12H,6-8H2,1-5H3. The van der Waals surface area contributed by atoms with Gasteiger partial charge >= 0.3 is 5.97 Å². The molecule has 0 aromatic carbocycles. The molecule has 0 aromatic rings. The number of ether oxygens (including phenoxy) is 1. The molecule has 0 saturated heterocycles. The number of carbonyl (C=O) groups excluding carboxylic acids is 3. The van der Waals surface area contributed by atoms with Gasteiger partial charge in [-0.05, 0) is 31.8 Å². The average Bonchev–Trinajstić information content (AvgIpc) is 2.31. The molecule has 0 fully saturated rings. The summed E-state index contributed by atoms with van der Waals surface area (Å²) in [6.45, 7) is 9.22. The summed E-state index contributed by atoms with van der Waals surface area (Å²) in [6, 6.07) is 0. The Morgan fingerprint density at radius 2 is 1.84 bits per heavy atom. The fourth-order valence-electron chi connectivity index (χ4n) is 2.23. The fourth-order valence-corrected chi connectivity index (χ4v) is 2.23. The van der Waals surface area contributed by atoms with Crippen LogP contribution in [0.5, 0.6) is 0 Å². The van der Waals surface area contributed by atoms with E-state index >= 15 is 0 Å². The summed E-state index contributed by atoms with van der Waals surface area (Å²) in [5.74, 6) is -0.649. The highest BCUT2D eigenvalue weighted by Gasteiger charge is 2.38. The Morgan fingerprint density at radius 1 is 1.26 bits per heavy atom. The zero-order valence-electron chi connectivity index (χ0n) is 12.3. The molecule has 1 aliphatic rings. The van der Waals surface area contributed by atoms with Crippen LogP contribution in [0.2, 0.25) is 0 Å². The fraction of sp³-hybridized carbons (Fsp3) is 0.667. The highest BCUT2D eigenvalue weighted by Crippen LogP contribution is 2.39. The molecule has 0 saturated carbocycles. The van der Waals surface area contributed by atoms with Crippen molar-refractivity contribution in [3.8, 4) is 0 Å². The lowest BCUT2D eigenvalue weighted by Gasteiger charge is -2.35. The molecule has 1 aliphatic carbocycles. The van der Waals surface area contributed by atoms with Gasteiger partial charge in [-0.25, -0.2) is 0 Å². The second kappa shape index (κ2) is 5.68. The smallest absolute Gasteiger partial charge is 0.306 e. The second-order valence-corrected chi connectivity index (χ2v) is 5.88. The molecule has 0 N–H and O–H groups in total. The first-order valence-electron chi connectivity index (χ1n) is 6.56. The molecule has 19 heavy (non-hydrogen) atoms. The summed E-state index contributed by atoms with van der Waals surface area (Å²) >= 11 is 0. The van der Waals surface area contributed by atoms with E-state index in [9.17, 15) is 14.4 Å². The monoisotopic (exact) mass is 266 g/mol. The van der Waals surface area contributed by atoms with Gasteiger partial charge in [-0.2, -0.15) is 0 Å². The van der Waals surface area contributed by atoms with Crippen LogP contribution in [0.3, 0.4) is 0 Å². The number of ketones is 2. The van der Waals surface area contributed by atoms with Gasteiger partial charge in [0.2, 0.25) is 0 Å². The first kappa shape index (κ1) is 15.6. The Balaban J connectivity index is 2.73. The summed E-state index contributed by atoms with van der Waals surface area (Å²) in [6.07, 6.45) is -0.00261. The van der Waals surface area contributed by atoms with Crippen LogP contribution < -0.4 is 0 Å². The molecule has 0 aliphatic heterocycles. The highest BCUT2D eigenvalue weighted by molar-refractivity contribution is 6.01. The van der Waals surface area contributed by atoms with E-state index in [0.717, 1.165) is 5.57 Å². The lowest BCUT2D eigenvalue weighted by atomic mass is 9.72. The molecule has 0 radical (unpaired) electrons. The molecule has 4 nitrogen and oxygen atoms in total. The van der Waals surface area contributed by atoms with Crippen LogP contribution in [0.15, 0.2) is 11.1 Å². The van der Waals surface area contributed by atoms with Gasteiger partial charge in [-0.3, -0.25) is 9.59 Å². The maximum atomic E-state index is 12.1. The van der Waals surface area contributed by atoms with Gasteiger partial charge in [-0.1, -0.05) is 19.4 Å². The summed E-state index contributed by atoms with van der Waals surface area (Å²) in [7, 11) is 0. The SMILES string of the molecule is CC(=O)CCC(=O)OC1CC(C)(C)C(C)=C(C)C1=O. The van der Waals surface area contributed by atoms with Crippen molar-refractivity contribution in [1.29, 1.82) is 0 Å². The molecule has 0 spiro atoms. The van der Waals surface area contributed by atoms with Crippen molar-refractivity contribution >= 4 is 17.5 Å². The van der Waals surface area contributed by atoms with Crippen molar-refractivity contribution in [3.63, 3.8) is 0 Å². The van der Waals surface area contributed by atoms with E-state index in [4.69, 9.17) is 4.74 Å². The number of hydrogen-bond donors (Lipinski definition) is 0. The molecule has 0 aromatic heterocycles. The topological polar surface area (TPSA) is 60.4 Å². The van der Waals surface area contributed by atoms with Crippen molar-refractivity contribution in [3.05, 3.63) is 11.1 Å². The molecule has 0 bridgehead atoms. The molecule has 106 valence electrons. The van der Waals surface area contributed by atoms with Crippen LogP contribution in [-0.4, -0.2) is 23.6 Å². The molecular formula is C15H22O4. The summed E-state index contributed by atoms with van der Waals surface area (Å²) in [5, 5.41) is 0. The Morgan fingerprint density at radius 3 is 2.37 bits per heavy atom. The van der Waals surface area contributed by atoms with Crippen LogP contribution in [-0.2, 0) is 19.1 Å². The molecular weight excluding hydrogens is 244 g/mol. The predicted molar refractivity (Wildman–Crippen MR) is 71.6 cm³/mol. The van der Waals surface area contributed by atoms with E-state index in [2.05, 4.69) is 0 Å². The number of rotatable bonds is 4. The van der Waals surface area contributed by atoms with Gasteiger partial charge in [0.1, 0.15) is 5.78 Å². The molecule has 0 heterocycles. The van der Waals surface area contributed by atoms with Gasteiger partial charge in [0.25, 0.3) is 0 Å². The molecule has 1 unspecified atom stereocenters. The van der Waals surface area contributed by atoms with Gasteiger partial charge in [-0.15, -0.1) is 0 Å². The van der Waals surface area contributed by atoms with Crippen molar-refractivity contribution in [2.24, 2.45) is 5.41 Å². The third-order valence-corrected chi connectivity index (χ3v) is 3.89. The number of Topliss-reactive ketones (excluding diaryl/α,β-unsaturated/α-hetero) is 2. The normalized spacial score (nSPS) is 22.4. The van der Waals surface area contributed by atoms with Gasteiger partial charge in [0.15, 0.2) is 11.9 Å². The van der Waals surface area contributed by atoms with Crippen LogP contribution in [0, 0.1) is 5.41 Å². The minimum absolute atomic E-state index is 0.0429. The number of allylic oxidation sites excluding steroid dienone is 1. The summed E-state index contributed by atoms with van der Waals surface area (Å²) < 4.78 is 5.23. The zero-order chi connectivity index (χ0) is 14.8. The van der Waals surface area contributed by atoms with Crippen molar-refractivity contribution < 1.29 is 19.1 Å². The largest absolute Gasteiger partial charge is 0.454 e. The first-order valence-corrected chi connectivity index (χ1v) is 6.56. The van der Waals surface area contributed by atoms with Crippen molar-refractivity contribution in [2.45, 2.75) is 60.0 Å². The lowest BCUT2D eigenvalue weighted by Crippen LogP contribution is -2.38. The van der Waals surface area contributed by atoms with Gasteiger partial charge in [0, 0.05) is 12.8 Å². The highest BCUT2D eigenvalue weighted by atomic mass is 16.5. The zero-order valence-corrected chi connectivity index (χ0v) is 12.3. The van der Waals surface area contributed by atoms with E-state index in [-0.39, 0.29) is 29.8 Å². The van der Waals surface area contributed by atoms with Crippen LogP contribution in [0.25, 0.3) is 0 Å². The maximum Gasteiger partial charge on any atom is 0.306 e. The minimum atomic E-state index is -0.710. The van der Waals surface area contributed by atoms with E-state index in [1.807, 2.05) is 20.8 Å². The average molecular weight is 266 g/mol. The van der Waals surface area contributed by atoms with E-state index < -0.39 is 12.1 Å². The molecule has 0 amide bonds. The lowest BCUT2D eigenvalue weighted by molar-refractivity contribution is -0.156. The maximum absolute atomic E-state index is 12.1. The Bertz CT molecular complexity index is 443. The Labute approximate surface area is 114 Å².